The van der Waals surface area contributed by atoms with Gasteiger partial charge < -0.3 is 15.5 Å². The van der Waals surface area contributed by atoms with Crippen molar-refractivity contribution in [2.24, 2.45) is 4.99 Å². The van der Waals surface area contributed by atoms with Gasteiger partial charge in [-0.1, -0.05) is 11.6 Å². The molecule has 2 heterocycles. The second-order valence-electron chi connectivity index (χ2n) is 5.23. The minimum absolute atomic E-state index is 0.0711. The third-order valence-corrected chi connectivity index (χ3v) is 4.45. The lowest BCUT2D eigenvalue weighted by Gasteiger charge is -2.21. The van der Waals surface area contributed by atoms with E-state index in [1.165, 1.54) is 11.3 Å². The molecule has 2 rings (SSSR count). The average molecular weight is 407 g/mol. The molecule has 26 heavy (non-hydrogen) atoms. The predicted molar refractivity (Wildman–Crippen MR) is 97.7 cm³/mol. The fourth-order valence-electron chi connectivity index (χ4n) is 2.08. The first-order valence-electron chi connectivity index (χ1n) is 7.59. The standard InChI is InChI=1S/C15H18ClF3N6S/c1-20-14(25(2)9-10-3-4-12(16)26-10)23-8-7-22-13-21-6-5-11(24-13)15(17,18)19/h3-6H,7-9H2,1-2H3,(H,20,23)(H,21,22,24). The molecule has 0 fully saturated rings. The van der Waals surface area contributed by atoms with Crippen LogP contribution < -0.4 is 10.6 Å². The van der Waals surface area contributed by atoms with E-state index in [-0.39, 0.29) is 5.95 Å². The molecule has 0 aliphatic rings. The molecule has 2 aromatic heterocycles. The highest BCUT2D eigenvalue weighted by molar-refractivity contribution is 7.16. The molecule has 0 spiro atoms. The van der Waals surface area contributed by atoms with Gasteiger partial charge >= 0.3 is 6.18 Å². The van der Waals surface area contributed by atoms with E-state index in [9.17, 15) is 13.2 Å². The summed E-state index contributed by atoms with van der Waals surface area (Å²) in [5, 5.41) is 5.87. The van der Waals surface area contributed by atoms with Gasteiger partial charge in [-0.05, 0) is 18.2 Å². The summed E-state index contributed by atoms with van der Waals surface area (Å²) < 4.78 is 38.6. The zero-order valence-corrected chi connectivity index (χ0v) is 15.7. The third kappa shape index (κ3) is 6.03. The Morgan fingerprint density at radius 3 is 2.69 bits per heavy atom. The Balaban J connectivity index is 1.80. The summed E-state index contributed by atoms with van der Waals surface area (Å²) in [6.45, 7) is 1.40. The van der Waals surface area contributed by atoms with Gasteiger partial charge in [-0.2, -0.15) is 13.2 Å². The Morgan fingerprint density at radius 2 is 2.08 bits per heavy atom. The quantitative estimate of drug-likeness (QED) is 0.437. The van der Waals surface area contributed by atoms with Crippen LogP contribution in [0, 0.1) is 0 Å². The Bertz CT molecular complexity index is 749. The smallest absolute Gasteiger partial charge is 0.354 e. The minimum atomic E-state index is -4.49. The van der Waals surface area contributed by atoms with Crippen molar-refractivity contribution >= 4 is 34.8 Å². The van der Waals surface area contributed by atoms with Crippen LogP contribution in [0.1, 0.15) is 10.6 Å². The van der Waals surface area contributed by atoms with Gasteiger partial charge in [-0.25, -0.2) is 9.97 Å². The first-order valence-corrected chi connectivity index (χ1v) is 8.79. The predicted octanol–water partition coefficient (Wildman–Crippen LogP) is 3.33. The van der Waals surface area contributed by atoms with Crippen molar-refractivity contribution < 1.29 is 13.2 Å². The molecule has 0 amide bonds. The van der Waals surface area contributed by atoms with E-state index >= 15 is 0 Å². The van der Waals surface area contributed by atoms with Crippen LogP contribution in [0.4, 0.5) is 19.1 Å². The summed E-state index contributed by atoms with van der Waals surface area (Å²) in [6, 6.07) is 4.62. The van der Waals surface area contributed by atoms with Crippen LogP contribution in [0.3, 0.4) is 0 Å². The summed E-state index contributed by atoms with van der Waals surface area (Å²) in [4.78, 5) is 14.4. The molecule has 142 valence electrons. The molecule has 0 aromatic carbocycles. The Hall–Kier alpha value is -2.07. The number of hydrogen-bond acceptors (Lipinski definition) is 5. The van der Waals surface area contributed by atoms with Crippen LogP contribution in [0.5, 0.6) is 0 Å². The first-order chi connectivity index (χ1) is 12.3. The molecular weight excluding hydrogens is 389 g/mol. The van der Waals surface area contributed by atoms with Gasteiger partial charge in [-0.3, -0.25) is 4.99 Å². The maximum atomic E-state index is 12.6. The maximum absolute atomic E-state index is 12.6. The molecule has 0 saturated heterocycles. The van der Waals surface area contributed by atoms with Gasteiger partial charge in [0.1, 0.15) is 5.69 Å². The van der Waals surface area contributed by atoms with Crippen molar-refractivity contribution in [2.45, 2.75) is 12.7 Å². The van der Waals surface area contributed by atoms with Crippen LogP contribution in [0.2, 0.25) is 4.34 Å². The van der Waals surface area contributed by atoms with E-state index in [0.717, 1.165) is 21.5 Å². The number of rotatable bonds is 6. The van der Waals surface area contributed by atoms with Gasteiger partial charge in [-0.15, -0.1) is 11.3 Å². The zero-order chi connectivity index (χ0) is 19.2. The number of nitrogens with zero attached hydrogens (tertiary/aromatic N) is 4. The van der Waals surface area contributed by atoms with Gasteiger partial charge in [0.15, 0.2) is 5.96 Å². The summed E-state index contributed by atoms with van der Waals surface area (Å²) in [6.07, 6.45) is -3.42. The monoisotopic (exact) mass is 406 g/mol. The van der Waals surface area contributed by atoms with Crippen LogP contribution in [0.15, 0.2) is 29.4 Å². The van der Waals surface area contributed by atoms with Crippen molar-refractivity contribution in [3.8, 4) is 0 Å². The Morgan fingerprint density at radius 1 is 1.31 bits per heavy atom. The van der Waals surface area contributed by atoms with Crippen LogP contribution in [-0.2, 0) is 12.7 Å². The summed E-state index contributed by atoms with van der Waals surface area (Å²) in [5.74, 6) is 0.583. The van der Waals surface area contributed by atoms with Crippen molar-refractivity contribution in [2.75, 3.05) is 32.5 Å². The van der Waals surface area contributed by atoms with E-state index in [1.807, 2.05) is 24.1 Å². The van der Waals surface area contributed by atoms with Crippen LogP contribution in [-0.4, -0.2) is 48.0 Å². The minimum Gasteiger partial charge on any atom is -0.354 e. The number of aliphatic imine (C=N–C) groups is 1. The number of nitrogens with one attached hydrogen (secondary N) is 2. The lowest BCUT2D eigenvalue weighted by molar-refractivity contribution is -0.141. The zero-order valence-electron chi connectivity index (χ0n) is 14.1. The van der Waals surface area contributed by atoms with E-state index < -0.39 is 11.9 Å². The van der Waals surface area contributed by atoms with Gasteiger partial charge in [0.05, 0.1) is 10.9 Å². The molecule has 0 radical (unpaired) electrons. The molecule has 0 bridgehead atoms. The molecule has 11 heteroatoms. The summed E-state index contributed by atoms with van der Waals surface area (Å²) in [5.41, 5.74) is -0.979. The van der Waals surface area contributed by atoms with Gasteiger partial charge in [0, 0.05) is 38.3 Å². The number of alkyl halides is 3. The molecule has 2 aromatic rings. The normalized spacial score (nSPS) is 12.2. The second-order valence-corrected chi connectivity index (χ2v) is 7.03. The second kappa shape index (κ2) is 9.04. The van der Waals surface area contributed by atoms with E-state index in [4.69, 9.17) is 11.6 Å². The average Bonchev–Trinajstić information content (AvgIpc) is 2.99. The fraction of sp³-hybridized carbons (Fsp3) is 0.400. The molecule has 6 nitrogen and oxygen atoms in total. The lowest BCUT2D eigenvalue weighted by atomic mass is 10.4. The summed E-state index contributed by atoms with van der Waals surface area (Å²) >= 11 is 7.41. The van der Waals surface area contributed by atoms with Crippen molar-refractivity contribution in [3.05, 3.63) is 39.3 Å². The van der Waals surface area contributed by atoms with Crippen molar-refractivity contribution in [1.29, 1.82) is 0 Å². The fourth-order valence-corrected chi connectivity index (χ4v) is 3.22. The molecule has 0 unspecified atom stereocenters. The maximum Gasteiger partial charge on any atom is 0.433 e. The first kappa shape index (κ1) is 20.2. The lowest BCUT2D eigenvalue weighted by Crippen LogP contribution is -2.40. The molecule has 0 atom stereocenters. The number of thiophene rings is 1. The van der Waals surface area contributed by atoms with E-state index in [2.05, 4.69) is 25.6 Å². The number of guanidine groups is 1. The molecular formula is C15H18ClF3N6S. The Labute approximate surface area is 158 Å². The van der Waals surface area contributed by atoms with Crippen molar-refractivity contribution in [1.82, 2.24) is 20.2 Å². The molecule has 0 aliphatic carbocycles. The summed E-state index contributed by atoms with van der Waals surface area (Å²) in [7, 11) is 3.54. The highest BCUT2D eigenvalue weighted by Gasteiger charge is 2.32. The van der Waals surface area contributed by atoms with E-state index in [1.54, 1.807) is 7.05 Å². The molecule has 0 aliphatic heterocycles. The topological polar surface area (TPSA) is 65.4 Å². The molecule has 0 saturated carbocycles. The third-order valence-electron chi connectivity index (χ3n) is 3.23. The van der Waals surface area contributed by atoms with Crippen LogP contribution in [0.25, 0.3) is 0 Å². The van der Waals surface area contributed by atoms with E-state index in [0.29, 0.717) is 25.6 Å². The number of anilines is 1. The number of hydrogen-bond donors (Lipinski definition) is 2. The number of halogens is 4. The SMILES string of the molecule is CN=C(NCCNc1nccc(C(F)(F)F)n1)N(C)Cc1ccc(Cl)s1. The largest absolute Gasteiger partial charge is 0.433 e. The van der Waals surface area contributed by atoms with Gasteiger partial charge in [0.2, 0.25) is 5.95 Å². The highest BCUT2D eigenvalue weighted by atomic mass is 35.5. The highest BCUT2D eigenvalue weighted by Crippen LogP contribution is 2.27. The van der Waals surface area contributed by atoms with Gasteiger partial charge in [0.25, 0.3) is 0 Å². The number of aromatic nitrogens is 2. The molecule has 2 N–H and O–H groups in total. The van der Waals surface area contributed by atoms with Crippen LogP contribution >= 0.6 is 22.9 Å². The van der Waals surface area contributed by atoms with Crippen molar-refractivity contribution in [3.63, 3.8) is 0 Å². The Kier molecular flexibility index (Phi) is 7.04.